The van der Waals surface area contributed by atoms with Gasteiger partial charge in [0.1, 0.15) is 16.3 Å². The second kappa shape index (κ2) is 8.55. The van der Waals surface area contributed by atoms with Crippen LogP contribution in [-0.4, -0.2) is 37.0 Å². The standard InChI is InChI=1S/C21H21ClN4O5S/c22-14-6-7-15(18(27)21(14)32(30,31)26-10-8-12(23)9-11-26)25-17-16(19(28)20(17)29)24-13-4-2-1-3-5-13/h1-7,12,24-25,27H,8-11,23H2. The Morgan fingerprint density at radius 3 is 2.19 bits per heavy atom. The number of sulfonamides is 1. The van der Waals surface area contributed by atoms with Crippen molar-refractivity contribution in [3.63, 3.8) is 0 Å². The van der Waals surface area contributed by atoms with Crippen LogP contribution in [0.2, 0.25) is 5.02 Å². The topological polar surface area (TPSA) is 142 Å². The van der Waals surface area contributed by atoms with E-state index in [1.54, 1.807) is 30.3 Å². The minimum Gasteiger partial charge on any atom is -0.504 e. The van der Waals surface area contributed by atoms with Crippen molar-refractivity contribution in [2.24, 2.45) is 5.73 Å². The van der Waals surface area contributed by atoms with Gasteiger partial charge in [0.2, 0.25) is 10.0 Å². The van der Waals surface area contributed by atoms with Crippen molar-refractivity contribution in [2.45, 2.75) is 23.8 Å². The van der Waals surface area contributed by atoms with Crippen LogP contribution in [0.25, 0.3) is 0 Å². The number of hydrogen-bond acceptors (Lipinski definition) is 8. The van der Waals surface area contributed by atoms with E-state index in [2.05, 4.69) is 10.6 Å². The summed E-state index contributed by atoms with van der Waals surface area (Å²) in [5, 5.41) is 16.2. The SMILES string of the molecule is NC1CCN(S(=O)(=O)c2c(Cl)ccc(Nc3c(Nc4ccccc4)c(=O)c3=O)c2O)CC1. The number of nitrogens with one attached hydrogen (secondary N) is 2. The Hall–Kier alpha value is -2.92. The van der Waals surface area contributed by atoms with E-state index in [9.17, 15) is 23.1 Å². The summed E-state index contributed by atoms with van der Waals surface area (Å²) in [6, 6.07) is 11.3. The molecule has 9 nitrogen and oxygen atoms in total. The van der Waals surface area contributed by atoms with Gasteiger partial charge < -0.3 is 21.5 Å². The van der Waals surface area contributed by atoms with Crippen molar-refractivity contribution in [3.8, 4) is 5.75 Å². The number of benzene rings is 2. The fraction of sp³-hybridized carbons (Fsp3) is 0.238. The molecular weight excluding hydrogens is 456 g/mol. The number of aromatic hydroxyl groups is 1. The number of nitrogens with two attached hydrogens (primary N) is 1. The molecule has 3 aromatic rings. The molecule has 1 fully saturated rings. The minimum atomic E-state index is -4.11. The second-order valence-corrected chi connectivity index (χ2v) is 9.82. The van der Waals surface area contributed by atoms with Gasteiger partial charge in [0.25, 0.3) is 10.9 Å². The summed E-state index contributed by atoms with van der Waals surface area (Å²) < 4.78 is 27.5. The molecule has 1 heterocycles. The lowest BCUT2D eigenvalue weighted by molar-refractivity contribution is 0.318. The van der Waals surface area contributed by atoms with Crippen molar-refractivity contribution < 1.29 is 13.5 Å². The number of halogens is 1. The van der Waals surface area contributed by atoms with Crippen LogP contribution in [0, 0.1) is 0 Å². The van der Waals surface area contributed by atoms with Crippen LogP contribution in [0.1, 0.15) is 12.8 Å². The summed E-state index contributed by atoms with van der Waals surface area (Å²) in [7, 11) is -4.11. The maximum Gasteiger partial charge on any atom is 0.253 e. The van der Waals surface area contributed by atoms with Gasteiger partial charge in [0.05, 0.1) is 10.7 Å². The lowest BCUT2D eigenvalue weighted by Crippen LogP contribution is -2.42. The Bertz CT molecular complexity index is 1330. The summed E-state index contributed by atoms with van der Waals surface area (Å²) in [5.74, 6) is -0.633. The van der Waals surface area contributed by atoms with Gasteiger partial charge in [-0.2, -0.15) is 4.31 Å². The number of anilines is 4. The molecule has 0 amide bonds. The highest BCUT2D eigenvalue weighted by atomic mass is 35.5. The van der Waals surface area contributed by atoms with Crippen LogP contribution in [0.3, 0.4) is 0 Å². The van der Waals surface area contributed by atoms with Gasteiger partial charge in [-0.3, -0.25) is 9.59 Å². The molecule has 4 rings (SSSR count). The fourth-order valence-electron chi connectivity index (χ4n) is 3.57. The fourth-order valence-corrected chi connectivity index (χ4v) is 5.63. The highest BCUT2D eigenvalue weighted by Gasteiger charge is 2.34. The Balaban J connectivity index is 1.67. The summed E-state index contributed by atoms with van der Waals surface area (Å²) in [5.41, 5.74) is 4.82. The third-order valence-electron chi connectivity index (χ3n) is 5.39. The van der Waals surface area contributed by atoms with Gasteiger partial charge in [0.15, 0.2) is 5.75 Å². The van der Waals surface area contributed by atoms with Gasteiger partial charge in [-0.05, 0) is 37.1 Å². The van der Waals surface area contributed by atoms with Gasteiger partial charge in [-0.1, -0.05) is 29.8 Å². The number of para-hydroxylation sites is 1. The minimum absolute atomic E-state index is 0.0185. The van der Waals surface area contributed by atoms with E-state index in [1.165, 1.54) is 16.4 Å². The van der Waals surface area contributed by atoms with Crippen molar-refractivity contribution in [1.82, 2.24) is 4.31 Å². The lowest BCUT2D eigenvalue weighted by atomic mass is 10.1. The Morgan fingerprint density at radius 1 is 0.969 bits per heavy atom. The largest absolute Gasteiger partial charge is 0.504 e. The molecule has 0 spiro atoms. The Labute approximate surface area is 189 Å². The molecule has 3 aromatic carbocycles. The number of rotatable bonds is 6. The lowest BCUT2D eigenvalue weighted by Gasteiger charge is -2.30. The number of hydrogen-bond donors (Lipinski definition) is 4. The molecule has 168 valence electrons. The number of phenolic OH excluding ortho intramolecular Hbond substituents is 1. The van der Waals surface area contributed by atoms with Gasteiger partial charge in [-0.25, -0.2) is 8.42 Å². The quantitative estimate of drug-likeness (QED) is 0.313. The molecule has 1 saturated heterocycles. The summed E-state index contributed by atoms with van der Waals surface area (Å²) in [6.45, 7) is 0.417. The summed E-state index contributed by atoms with van der Waals surface area (Å²) in [6.07, 6.45) is 0.987. The monoisotopic (exact) mass is 476 g/mol. The molecule has 0 aliphatic carbocycles. The summed E-state index contributed by atoms with van der Waals surface area (Å²) >= 11 is 6.14. The van der Waals surface area contributed by atoms with E-state index >= 15 is 0 Å². The van der Waals surface area contributed by atoms with E-state index in [-0.39, 0.29) is 41.2 Å². The van der Waals surface area contributed by atoms with Crippen LogP contribution < -0.4 is 27.2 Å². The average Bonchev–Trinajstić information content (AvgIpc) is 2.78. The first kappa shape index (κ1) is 22.3. The first-order valence-corrected chi connectivity index (χ1v) is 11.7. The van der Waals surface area contributed by atoms with Crippen LogP contribution in [0.4, 0.5) is 22.7 Å². The highest BCUT2D eigenvalue weighted by molar-refractivity contribution is 7.89. The third-order valence-corrected chi connectivity index (χ3v) is 7.79. The van der Waals surface area contributed by atoms with Crippen LogP contribution in [-0.2, 0) is 10.0 Å². The zero-order valence-electron chi connectivity index (χ0n) is 16.8. The normalized spacial score (nSPS) is 15.7. The van der Waals surface area contributed by atoms with Crippen molar-refractivity contribution in [2.75, 3.05) is 23.7 Å². The molecule has 5 N–H and O–H groups in total. The molecule has 0 unspecified atom stereocenters. The maximum atomic E-state index is 13.1. The molecule has 0 aromatic heterocycles. The number of phenols is 1. The Kier molecular flexibility index (Phi) is 5.95. The highest BCUT2D eigenvalue weighted by Crippen LogP contribution is 2.40. The van der Waals surface area contributed by atoms with Crippen molar-refractivity contribution in [1.29, 1.82) is 0 Å². The zero-order valence-corrected chi connectivity index (χ0v) is 18.4. The van der Waals surface area contributed by atoms with Crippen LogP contribution in [0.5, 0.6) is 5.75 Å². The molecule has 1 aliphatic rings. The number of piperidine rings is 1. The number of nitrogens with zero attached hydrogens (tertiary/aromatic N) is 1. The van der Waals surface area contributed by atoms with Crippen molar-refractivity contribution >= 4 is 44.4 Å². The smallest absolute Gasteiger partial charge is 0.253 e. The van der Waals surface area contributed by atoms with Crippen LogP contribution >= 0.6 is 11.6 Å². The molecular formula is C21H21ClN4O5S. The van der Waals surface area contributed by atoms with E-state index in [0.29, 0.717) is 18.5 Å². The predicted octanol–water partition coefficient (Wildman–Crippen LogP) is 2.24. The molecule has 0 saturated carbocycles. The molecule has 0 atom stereocenters. The van der Waals surface area contributed by atoms with Gasteiger partial charge in [0, 0.05) is 24.8 Å². The average molecular weight is 477 g/mol. The van der Waals surface area contributed by atoms with E-state index < -0.39 is 31.5 Å². The molecule has 1 aliphatic heterocycles. The third kappa shape index (κ3) is 3.97. The van der Waals surface area contributed by atoms with Gasteiger partial charge in [-0.15, -0.1) is 0 Å². The first-order valence-electron chi connectivity index (χ1n) is 9.89. The maximum absolute atomic E-state index is 13.1. The van der Waals surface area contributed by atoms with Gasteiger partial charge >= 0.3 is 0 Å². The van der Waals surface area contributed by atoms with Crippen LogP contribution in [0.15, 0.2) is 56.9 Å². The van der Waals surface area contributed by atoms with E-state index in [0.717, 1.165) is 0 Å². The Morgan fingerprint density at radius 2 is 1.56 bits per heavy atom. The molecule has 11 heteroatoms. The zero-order chi connectivity index (χ0) is 23.0. The van der Waals surface area contributed by atoms with Crippen molar-refractivity contribution in [3.05, 3.63) is 67.9 Å². The van der Waals surface area contributed by atoms with E-state index in [1.807, 2.05) is 0 Å². The summed E-state index contributed by atoms with van der Waals surface area (Å²) in [4.78, 5) is 23.7. The molecule has 0 bridgehead atoms. The molecule has 32 heavy (non-hydrogen) atoms. The first-order chi connectivity index (χ1) is 15.2. The second-order valence-electron chi connectivity index (χ2n) is 7.54. The van der Waals surface area contributed by atoms with E-state index in [4.69, 9.17) is 17.3 Å². The predicted molar refractivity (Wildman–Crippen MR) is 123 cm³/mol. The molecule has 0 radical (unpaired) electrons.